The van der Waals surface area contributed by atoms with Crippen LogP contribution in [0.25, 0.3) is 0 Å². The quantitative estimate of drug-likeness (QED) is 0.444. The van der Waals surface area contributed by atoms with Gasteiger partial charge in [0.25, 0.3) is 6.29 Å². The van der Waals surface area contributed by atoms with Gasteiger partial charge in [0, 0.05) is 34.1 Å². The van der Waals surface area contributed by atoms with Gasteiger partial charge in [-0.3, -0.25) is 0 Å². The Morgan fingerprint density at radius 3 is 2.44 bits per heavy atom. The van der Waals surface area contributed by atoms with Crippen molar-refractivity contribution in [1.29, 1.82) is 0 Å². The van der Waals surface area contributed by atoms with E-state index < -0.39 is 6.29 Å². The maximum absolute atomic E-state index is 5.83. The molecule has 0 aliphatic carbocycles. The van der Waals surface area contributed by atoms with Crippen LogP contribution in [-0.2, 0) is 9.47 Å². The highest BCUT2D eigenvalue weighted by Gasteiger charge is 2.22. The third-order valence-electron chi connectivity index (χ3n) is 4.48. The van der Waals surface area contributed by atoms with E-state index in [0.717, 1.165) is 10.0 Å². The molecule has 0 saturated heterocycles. The van der Waals surface area contributed by atoms with Crippen LogP contribution < -0.4 is 24.8 Å². The second kappa shape index (κ2) is 9.65. The Labute approximate surface area is 193 Å². The molecule has 2 heterocycles. The average molecular weight is 501 g/mol. The largest absolute Gasteiger partial charge is 0.493 e. The SMILES string of the molecule is COc1cc(Nc2nccc(NC3=COC(c4cccc(Br)c4)O3)n2)cc(OC)c1OC. The summed E-state index contributed by atoms with van der Waals surface area (Å²) < 4.78 is 28.5. The van der Waals surface area contributed by atoms with Gasteiger partial charge >= 0.3 is 0 Å². The minimum atomic E-state index is -0.534. The number of benzene rings is 2. The van der Waals surface area contributed by atoms with Gasteiger partial charge in [0.1, 0.15) is 12.1 Å². The minimum Gasteiger partial charge on any atom is -0.493 e. The third-order valence-corrected chi connectivity index (χ3v) is 4.97. The molecule has 4 rings (SSSR count). The number of hydrogen-bond donors (Lipinski definition) is 2. The van der Waals surface area contributed by atoms with Crippen LogP contribution in [-0.4, -0.2) is 31.3 Å². The molecule has 0 spiro atoms. The zero-order valence-corrected chi connectivity index (χ0v) is 19.2. The Morgan fingerprint density at radius 2 is 1.75 bits per heavy atom. The van der Waals surface area contributed by atoms with Crippen LogP contribution in [0.5, 0.6) is 17.2 Å². The van der Waals surface area contributed by atoms with Crippen molar-refractivity contribution >= 4 is 33.4 Å². The first-order valence-corrected chi connectivity index (χ1v) is 10.3. The summed E-state index contributed by atoms with van der Waals surface area (Å²) in [6, 6.07) is 13.0. The Morgan fingerprint density at radius 1 is 0.969 bits per heavy atom. The Kier molecular flexibility index (Phi) is 6.50. The van der Waals surface area contributed by atoms with Crippen molar-refractivity contribution in [2.75, 3.05) is 32.0 Å². The molecular formula is C22H21BrN4O5. The van der Waals surface area contributed by atoms with E-state index >= 15 is 0 Å². The molecule has 1 aliphatic rings. The van der Waals surface area contributed by atoms with Crippen LogP contribution in [0, 0.1) is 0 Å². The number of methoxy groups -OCH3 is 3. The molecule has 3 aromatic rings. The van der Waals surface area contributed by atoms with E-state index in [0.29, 0.717) is 40.6 Å². The van der Waals surface area contributed by atoms with Crippen molar-refractivity contribution < 1.29 is 23.7 Å². The predicted octanol–water partition coefficient (Wildman–Crippen LogP) is 4.96. The first kappa shape index (κ1) is 21.6. The van der Waals surface area contributed by atoms with Crippen molar-refractivity contribution in [2.45, 2.75) is 6.29 Å². The number of rotatable bonds is 8. The maximum atomic E-state index is 5.83. The normalized spacial score (nSPS) is 14.6. The molecule has 1 aliphatic heterocycles. The first-order chi connectivity index (χ1) is 15.6. The lowest BCUT2D eigenvalue weighted by Gasteiger charge is -2.15. The van der Waals surface area contributed by atoms with Gasteiger partial charge < -0.3 is 34.3 Å². The number of aromatic nitrogens is 2. The average Bonchev–Trinajstić information content (AvgIpc) is 3.27. The molecule has 0 saturated carbocycles. The van der Waals surface area contributed by atoms with Gasteiger partial charge in [-0.15, -0.1) is 0 Å². The van der Waals surface area contributed by atoms with Crippen molar-refractivity contribution in [2.24, 2.45) is 0 Å². The number of anilines is 3. The highest BCUT2D eigenvalue weighted by atomic mass is 79.9. The Bertz CT molecular complexity index is 1120. The fraction of sp³-hybridized carbons (Fsp3) is 0.182. The van der Waals surface area contributed by atoms with Crippen LogP contribution in [0.1, 0.15) is 11.9 Å². The molecule has 1 aromatic heterocycles. The van der Waals surface area contributed by atoms with Gasteiger partial charge in [-0.05, 0) is 18.2 Å². The summed E-state index contributed by atoms with van der Waals surface area (Å²) in [5.41, 5.74) is 1.56. The van der Waals surface area contributed by atoms with Gasteiger partial charge in [0.15, 0.2) is 11.5 Å². The van der Waals surface area contributed by atoms with Gasteiger partial charge in [-0.2, -0.15) is 4.98 Å². The number of halogens is 1. The van der Waals surface area contributed by atoms with E-state index in [2.05, 4.69) is 36.5 Å². The van der Waals surface area contributed by atoms with Crippen LogP contribution in [0.4, 0.5) is 17.5 Å². The van der Waals surface area contributed by atoms with Crippen LogP contribution in [0.3, 0.4) is 0 Å². The second-order valence-electron chi connectivity index (χ2n) is 6.55. The van der Waals surface area contributed by atoms with Crippen molar-refractivity contribution in [1.82, 2.24) is 9.97 Å². The molecule has 0 radical (unpaired) electrons. The summed E-state index contributed by atoms with van der Waals surface area (Å²) in [7, 11) is 4.66. The smallest absolute Gasteiger partial charge is 0.268 e. The minimum absolute atomic E-state index is 0.368. The van der Waals surface area contributed by atoms with Crippen LogP contribution in [0.2, 0.25) is 0 Å². The highest BCUT2D eigenvalue weighted by molar-refractivity contribution is 9.10. The molecule has 10 heteroatoms. The molecule has 1 atom stereocenters. The number of ether oxygens (including phenoxy) is 5. The van der Waals surface area contributed by atoms with Gasteiger partial charge in [0.05, 0.1) is 21.3 Å². The van der Waals surface area contributed by atoms with E-state index in [-0.39, 0.29) is 0 Å². The predicted molar refractivity (Wildman–Crippen MR) is 122 cm³/mol. The molecule has 0 fully saturated rings. The zero-order valence-electron chi connectivity index (χ0n) is 17.6. The maximum Gasteiger partial charge on any atom is 0.268 e. The number of nitrogens with one attached hydrogen (secondary N) is 2. The van der Waals surface area contributed by atoms with Gasteiger partial charge in [0.2, 0.25) is 17.6 Å². The van der Waals surface area contributed by atoms with E-state index in [1.165, 1.54) is 6.26 Å². The topological polar surface area (TPSA) is 96.0 Å². The summed E-state index contributed by atoms with van der Waals surface area (Å²) in [5, 5.41) is 6.22. The van der Waals surface area contributed by atoms with Crippen molar-refractivity contribution in [3.63, 3.8) is 0 Å². The summed E-state index contributed by atoms with van der Waals surface area (Å²) in [5.74, 6) is 2.87. The summed E-state index contributed by atoms with van der Waals surface area (Å²) >= 11 is 3.45. The molecular weight excluding hydrogens is 480 g/mol. The molecule has 9 nitrogen and oxygen atoms in total. The molecule has 32 heavy (non-hydrogen) atoms. The van der Waals surface area contributed by atoms with Crippen molar-refractivity contribution in [3.8, 4) is 17.2 Å². The van der Waals surface area contributed by atoms with Crippen LogP contribution >= 0.6 is 15.9 Å². The number of hydrogen-bond acceptors (Lipinski definition) is 9. The van der Waals surface area contributed by atoms with E-state index in [1.54, 1.807) is 45.7 Å². The standard InChI is InChI=1S/C22H21BrN4O5/c1-28-16-10-15(11-17(29-2)20(16)30-3)25-22-24-8-7-18(27-22)26-19-12-31-21(32-19)13-5-4-6-14(23)9-13/h4-12,21H,1-3H3,(H2,24,25,26,27). The zero-order chi connectivity index (χ0) is 22.5. The molecule has 0 amide bonds. The lowest BCUT2D eigenvalue weighted by atomic mass is 10.2. The summed E-state index contributed by atoms with van der Waals surface area (Å²) in [6.07, 6.45) is 2.60. The fourth-order valence-electron chi connectivity index (χ4n) is 3.05. The monoisotopic (exact) mass is 500 g/mol. The summed E-state index contributed by atoms with van der Waals surface area (Å²) in [4.78, 5) is 8.73. The molecule has 0 bridgehead atoms. The second-order valence-corrected chi connectivity index (χ2v) is 7.47. The Hall–Kier alpha value is -3.66. The van der Waals surface area contributed by atoms with Gasteiger partial charge in [-0.25, -0.2) is 4.98 Å². The molecule has 2 N–H and O–H groups in total. The van der Waals surface area contributed by atoms with Crippen LogP contribution in [0.15, 0.2) is 65.3 Å². The molecule has 2 aromatic carbocycles. The third kappa shape index (κ3) is 4.80. The molecule has 1 unspecified atom stereocenters. The first-order valence-electron chi connectivity index (χ1n) is 9.54. The van der Waals surface area contributed by atoms with E-state index in [4.69, 9.17) is 23.7 Å². The van der Waals surface area contributed by atoms with Gasteiger partial charge in [-0.1, -0.05) is 28.1 Å². The number of nitrogens with zero attached hydrogens (tertiary/aromatic N) is 2. The fourth-order valence-corrected chi connectivity index (χ4v) is 3.47. The lowest BCUT2D eigenvalue weighted by Crippen LogP contribution is -2.06. The van der Waals surface area contributed by atoms with E-state index in [9.17, 15) is 0 Å². The van der Waals surface area contributed by atoms with E-state index in [1.807, 2.05) is 24.3 Å². The van der Waals surface area contributed by atoms with Crippen molar-refractivity contribution in [3.05, 3.63) is 70.8 Å². The molecule has 166 valence electrons. The lowest BCUT2D eigenvalue weighted by molar-refractivity contribution is -0.0324. The highest BCUT2D eigenvalue weighted by Crippen LogP contribution is 2.40. The summed E-state index contributed by atoms with van der Waals surface area (Å²) in [6.45, 7) is 0. The Balaban J connectivity index is 1.45.